The highest BCUT2D eigenvalue weighted by Gasteiger charge is 2.04. The Balaban J connectivity index is 3.09. The zero-order valence-corrected chi connectivity index (χ0v) is 6.17. The van der Waals surface area contributed by atoms with Crippen molar-refractivity contribution in [2.75, 3.05) is 11.1 Å². The second kappa shape index (κ2) is 3.16. The van der Waals surface area contributed by atoms with E-state index < -0.39 is 0 Å². The smallest absolute Gasteiger partial charge is 0.211 e. The van der Waals surface area contributed by atoms with Crippen molar-refractivity contribution in [2.24, 2.45) is 0 Å². The minimum Gasteiger partial charge on any atom is -0.382 e. The molecule has 6 heteroatoms. The molecule has 0 unspecified atom stereocenters. The summed E-state index contributed by atoms with van der Waals surface area (Å²) in [5.74, 6) is 0.150. The van der Waals surface area contributed by atoms with Gasteiger partial charge in [0.25, 0.3) is 0 Å². The Bertz CT molecular complexity index is 257. The van der Waals surface area contributed by atoms with Crippen LogP contribution in [0.2, 0.25) is 5.15 Å². The first-order valence-corrected chi connectivity index (χ1v) is 3.09. The second-order valence-electron chi connectivity index (χ2n) is 1.69. The summed E-state index contributed by atoms with van der Waals surface area (Å²) in [6.45, 7) is 0. The van der Waals surface area contributed by atoms with Gasteiger partial charge in [-0.15, -0.1) is 0 Å². The molecule has 0 spiro atoms. The number of hydrogen-bond acceptors (Lipinski definition) is 4. The van der Waals surface area contributed by atoms with Crippen LogP contribution in [-0.4, -0.2) is 16.4 Å². The van der Waals surface area contributed by atoms with Crippen molar-refractivity contribution in [1.29, 1.82) is 0 Å². The molecular weight excluding hydrogens is 168 g/mol. The molecule has 0 aliphatic rings. The molecule has 0 aromatic carbocycles. The molecule has 1 aromatic heterocycles. The summed E-state index contributed by atoms with van der Waals surface area (Å²) in [5.41, 5.74) is 5.59. The molecule has 0 aliphatic heterocycles. The molecule has 3 N–H and O–H groups in total. The number of halogens is 1. The third-order valence-corrected chi connectivity index (χ3v) is 1.32. The lowest BCUT2D eigenvalue weighted by Gasteiger charge is -2.01. The van der Waals surface area contributed by atoms with Crippen LogP contribution in [-0.2, 0) is 4.79 Å². The van der Waals surface area contributed by atoms with Crippen molar-refractivity contribution in [3.63, 3.8) is 0 Å². The van der Waals surface area contributed by atoms with E-state index in [9.17, 15) is 4.79 Å². The summed E-state index contributed by atoms with van der Waals surface area (Å²) in [6, 6.07) is 0. The van der Waals surface area contributed by atoms with Gasteiger partial charge in [-0.25, -0.2) is 9.97 Å². The van der Waals surface area contributed by atoms with Gasteiger partial charge in [-0.2, -0.15) is 0 Å². The third kappa shape index (κ3) is 1.56. The molecule has 0 radical (unpaired) electrons. The molecule has 58 valence electrons. The minimum absolute atomic E-state index is 0.129. The van der Waals surface area contributed by atoms with Crippen molar-refractivity contribution in [3.05, 3.63) is 11.5 Å². The number of anilines is 2. The van der Waals surface area contributed by atoms with Gasteiger partial charge in [0.15, 0.2) is 11.0 Å². The highest BCUT2D eigenvalue weighted by molar-refractivity contribution is 6.32. The number of nitrogens with zero attached hydrogens (tertiary/aromatic N) is 2. The van der Waals surface area contributed by atoms with Gasteiger partial charge in [0.1, 0.15) is 12.0 Å². The molecule has 1 heterocycles. The van der Waals surface area contributed by atoms with Gasteiger partial charge in [0.2, 0.25) is 6.41 Å². The Hall–Kier alpha value is -1.36. The number of rotatable bonds is 2. The first kappa shape index (κ1) is 7.74. The maximum atomic E-state index is 10.00. The fourth-order valence-corrected chi connectivity index (χ4v) is 0.764. The molecule has 0 bridgehead atoms. The number of hydrogen-bond donors (Lipinski definition) is 2. The molecule has 1 amide bonds. The Morgan fingerprint density at radius 3 is 2.91 bits per heavy atom. The van der Waals surface area contributed by atoms with Crippen LogP contribution in [0, 0.1) is 0 Å². The van der Waals surface area contributed by atoms with Crippen LogP contribution in [0.25, 0.3) is 0 Å². The summed E-state index contributed by atoms with van der Waals surface area (Å²) < 4.78 is 0. The van der Waals surface area contributed by atoms with Crippen molar-refractivity contribution >= 4 is 29.5 Å². The molecule has 0 aliphatic carbocycles. The van der Waals surface area contributed by atoms with Crippen molar-refractivity contribution in [2.45, 2.75) is 0 Å². The van der Waals surface area contributed by atoms with E-state index in [2.05, 4.69) is 15.3 Å². The van der Waals surface area contributed by atoms with E-state index in [1.165, 1.54) is 6.33 Å². The van der Waals surface area contributed by atoms with E-state index in [4.69, 9.17) is 17.3 Å². The van der Waals surface area contributed by atoms with E-state index in [1.54, 1.807) is 0 Å². The number of carbonyl (C=O) groups excluding carboxylic acids is 1. The average molecular weight is 173 g/mol. The lowest BCUT2D eigenvalue weighted by molar-refractivity contribution is -0.105. The van der Waals surface area contributed by atoms with Gasteiger partial charge in [-0.1, -0.05) is 11.6 Å². The largest absolute Gasteiger partial charge is 0.382 e. The summed E-state index contributed by atoms with van der Waals surface area (Å²) in [7, 11) is 0. The zero-order chi connectivity index (χ0) is 8.27. The van der Waals surface area contributed by atoms with Crippen LogP contribution in [0.5, 0.6) is 0 Å². The lowest BCUT2D eigenvalue weighted by atomic mass is 10.5. The van der Waals surface area contributed by atoms with Crippen LogP contribution in [0.15, 0.2) is 6.33 Å². The number of amides is 1. The normalized spacial score (nSPS) is 9.18. The molecule has 5 nitrogen and oxygen atoms in total. The Morgan fingerprint density at radius 1 is 1.64 bits per heavy atom. The summed E-state index contributed by atoms with van der Waals surface area (Å²) in [6.07, 6.45) is 1.68. The van der Waals surface area contributed by atoms with E-state index in [-0.39, 0.29) is 16.7 Å². The van der Waals surface area contributed by atoms with E-state index in [0.29, 0.717) is 6.41 Å². The predicted octanol–water partition coefficient (Wildman–Crippen LogP) is 0.280. The Morgan fingerprint density at radius 2 is 2.36 bits per heavy atom. The van der Waals surface area contributed by atoms with Gasteiger partial charge < -0.3 is 11.1 Å². The molecule has 0 saturated heterocycles. The quantitative estimate of drug-likeness (QED) is 0.496. The second-order valence-corrected chi connectivity index (χ2v) is 2.04. The van der Waals surface area contributed by atoms with E-state index in [1.807, 2.05) is 0 Å². The predicted molar refractivity (Wildman–Crippen MR) is 41.1 cm³/mol. The van der Waals surface area contributed by atoms with E-state index in [0.717, 1.165) is 0 Å². The monoisotopic (exact) mass is 172 g/mol. The van der Waals surface area contributed by atoms with Crippen LogP contribution in [0.1, 0.15) is 0 Å². The number of nitrogens with two attached hydrogens (primary N) is 1. The van der Waals surface area contributed by atoms with Crippen molar-refractivity contribution in [1.82, 2.24) is 9.97 Å². The average Bonchev–Trinajstić information content (AvgIpc) is 1.97. The fourth-order valence-electron chi connectivity index (χ4n) is 0.569. The Kier molecular flexibility index (Phi) is 2.22. The van der Waals surface area contributed by atoms with Crippen LogP contribution >= 0.6 is 11.6 Å². The first-order chi connectivity index (χ1) is 5.25. The molecule has 0 atom stereocenters. The van der Waals surface area contributed by atoms with Crippen LogP contribution in [0.3, 0.4) is 0 Å². The first-order valence-electron chi connectivity index (χ1n) is 2.72. The lowest BCUT2D eigenvalue weighted by Crippen LogP contribution is -2.02. The van der Waals surface area contributed by atoms with Crippen LogP contribution < -0.4 is 11.1 Å². The third-order valence-electron chi connectivity index (χ3n) is 1.03. The van der Waals surface area contributed by atoms with Crippen LogP contribution in [0.4, 0.5) is 11.5 Å². The highest BCUT2D eigenvalue weighted by atomic mass is 35.5. The van der Waals surface area contributed by atoms with Gasteiger partial charge in [0, 0.05) is 0 Å². The molecule has 0 fully saturated rings. The van der Waals surface area contributed by atoms with Gasteiger partial charge in [0.05, 0.1) is 0 Å². The summed E-state index contributed by atoms with van der Waals surface area (Å²) in [5, 5.41) is 2.41. The summed E-state index contributed by atoms with van der Waals surface area (Å²) >= 11 is 5.56. The van der Waals surface area contributed by atoms with Gasteiger partial charge >= 0.3 is 0 Å². The molecular formula is C5H5ClN4O. The fraction of sp³-hybridized carbons (Fsp3) is 0. The van der Waals surface area contributed by atoms with Gasteiger partial charge in [-0.05, 0) is 0 Å². The molecule has 11 heavy (non-hydrogen) atoms. The number of aromatic nitrogens is 2. The summed E-state index contributed by atoms with van der Waals surface area (Å²) in [4.78, 5) is 17.2. The molecule has 0 saturated carbocycles. The number of nitrogen functional groups attached to an aromatic ring is 1. The molecule has 1 rings (SSSR count). The maximum absolute atomic E-state index is 10.00. The number of nitrogens with one attached hydrogen (secondary N) is 1. The highest BCUT2D eigenvalue weighted by Crippen LogP contribution is 2.22. The van der Waals surface area contributed by atoms with Gasteiger partial charge in [-0.3, -0.25) is 4.79 Å². The van der Waals surface area contributed by atoms with Crippen molar-refractivity contribution < 1.29 is 4.79 Å². The Labute approximate surface area is 67.6 Å². The SMILES string of the molecule is Nc1ncnc(Cl)c1NC=O. The van der Waals surface area contributed by atoms with Crippen molar-refractivity contribution in [3.8, 4) is 0 Å². The minimum atomic E-state index is 0.129. The topological polar surface area (TPSA) is 80.9 Å². The molecule has 1 aromatic rings. The maximum Gasteiger partial charge on any atom is 0.211 e. The number of carbonyl (C=O) groups is 1. The van der Waals surface area contributed by atoms with E-state index >= 15 is 0 Å². The zero-order valence-electron chi connectivity index (χ0n) is 5.41. The standard InChI is InChI=1S/C5H5ClN4O/c6-4-3(10-2-11)5(7)9-1-8-4/h1-2H,(H,10,11)(H2,7,8,9).